The summed E-state index contributed by atoms with van der Waals surface area (Å²) in [5.41, 5.74) is 1.31. The van der Waals surface area contributed by atoms with Crippen LogP contribution in [0.5, 0.6) is 5.75 Å². The zero-order chi connectivity index (χ0) is 14.2. The maximum atomic E-state index is 5.52. The molecule has 1 aromatic carbocycles. The van der Waals surface area contributed by atoms with Gasteiger partial charge in [0.1, 0.15) is 5.75 Å². The van der Waals surface area contributed by atoms with Gasteiger partial charge in [0.25, 0.3) is 0 Å². The smallest absolute Gasteiger partial charge is 0.123 e. The van der Waals surface area contributed by atoms with Gasteiger partial charge in [-0.25, -0.2) is 0 Å². The Balaban J connectivity index is 2.03. The molecule has 0 bridgehead atoms. The van der Waals surface area contributed by atoms with Crippen LogP contribution in [0.2, 0.25) is 0 Å². The standard InChI is InChI=1S/C18H29NO/c1-3-17(16-13-9-10-14-18(16)20-2)19-15-11-7-5-4-6-8-12-15/h9-10,13-15,17,19H,3-8,11-12H2,1-2H3. The molecule has 0 heterocycles. The van der Waals surface area contributed by atoms with Crippen LogP contribution in [-0.4, -0.2) is 13.2 Å². The highest BCUT2D eigenvalue weighted by Gasteiger charge is 2.19. The molecule has 0 aliphatic heterocycles. The van der Waals surface area contributed by atoms with Gasteiger partial charge in [-0.1, -0.05) is 57.2 Å². The Bertz CT molecular complexity index is 383. The van der Waals surface area contributed by atoms with Crippen molar-refractivity contribution in [2.45, 2.75) is 70.4 Å². The van der Waals surface area contributed by atoms with Gasteiger partial charge in [-0.15, -0.1) is 0 Å². The second-order valence-electron chi connectivity index (χ2n) is 5.91. The molecule has 0 amide bonds. The van der Waals surface area contributed by atoms with Crippen LogP contribution < -0.4 is 10.1 Å². The molecule has 2 heteroatoms. The SMILES string of the molecule is CCC(NC1CCCCCCC1)c1ccccc1OC. The van der Waals surface area contributed by atoms with E-state index in [0.29, 0.717) is 12.1 Å². The van der Waals surface area contributed by atoms with E-state index in [9.17, 15) is 0 Å². The minimum Gasteiger partial charge on any atom is -0.496 e. The van der Waals surface area contributed by atoms with Crippen molar-refractivity contribution in [3.63, 3.8) is 0 Å². The van der Waals surface area contributed by atoms with E-state index in [1.54, 1.807) is 7.11 Å². The Labute approximate surface area is 123 Å². The monoisotopic (exact) mass is 275 g/mol. The van der Waals surface area contributed by atoms with Crippen LogP contribution in [0.3, 0.4) is 0 Å². The minimum atomic E-state index is 0.413. The van der Waals surface area contributed by atoms with Crippen LogP contribution in [0, 0.1) is 0 Å². The summed E-state index contributed by atoms with van der Waals surface area (Å²) in [5.74, 6) is 1.01. The summed E-state index contributed by atoms with van der Waals surface area (Å²) in [7, 11) is 1.77. The fourth-order valence-corrected chi connectivity index (χ4v) is 3.29. The molecule has 1 aromatic rings. The van der Waals surface area contributed by atoms with Crippen LogP contribution in [0.25, 0.3) is 0 Å². The molecule has 1 atom stereocenters. The summed E-state index contributed by atoms with van der Waals surface area (Å²) in [4.78, 5) is 0. The number of ether oxygens (including phenoxy) is 1. The first kappa shape index (κ1) is 15.4. The summed E-state index contributed by atoms with van der Waals surface area (Å²) >= 11 is 0. The van der Waals surface area contributed by atoms with E-state index in [0.717, 1.165) is 12.2 Å². The number of benzene rings is 1. The summed E-state index contributed by atoms with van der Waals surface area (Å²) in [6, 6.07) is 9.51. The minimum absolute atomic E-state index is 0.413. The van der Waals surface area contributed by atoms with Crippen LogP contribution in [0.4, 0.5) is 0 Å². The molecule has 2 rings (SSSR count). The largest absolute Gasteiger partial charge is 0.496 e. The topological polar surface area (TPSA) is 21.3 Å². The van der Waals surface area contributed by atoms with Crippen molar-refractivity contribution in [2.24, 2.45) is 0 Å². The lowest BCUT2D eigenvalue weighted by Gasteiger charge is -2.27. The van der Waals surface area contributed by atoms with Gasteiger partial charge in [0.15, 0.2) is 0 Å². The average Bonchev–Trinajstić information content (AvgIpc) is 2.46. The molecule has 1 aliphatic carbocycles. The van der Waals surface area contributed by atoms with E-state index in [1.807, 2.05) is 6.07 Å². The molecule has 1 unspecified atom stereocenters. The molecule has 1 saturated carbocycles. The predicted octanol–water partition coefficient (Wildman–Crippen LogP) is 4.85. The third kappa shape index (κ3) is 4.24. The van der Waals surface area contributed by atoms with Crippen molar-refractivity contribution in [2.75, 3.05) is 7.11 Å². The van der Waals surface area contributed by atoms with Crippen LogP contribution >= 0.6 is 0 Å². The van der Waals surface area contributed by atoms with Gasteiger partial charge in [0, 0.05) is 17.6 Å². The van der Waals surface area contributed by atoms with E-state index in [-0.39, 0.29) is 0 Å². The molecule has 0 saturated heterocycles. The molecular formula is C18H29NO. The van der Waals surface area contributed by atoms with Gasteiger partial charge in [-0.2, -0.15) is 0 Å². The molecule has 112 valence electrons. The number of para-hydroxylation sites is 1. The molecule has 0 aromatic heterocycles. The highest BCUT2D eigenvalue weighted by atomic mass is 16.5. The van der Waals surface area contributed by atoms with Gasteiger partial charge >= 0.3 is 0 Å². The number of methoxy groups -OCH3 is 1. The maximum Gasteiger partial charge on any atom is 0.123 e. The predicted molar refractivity (Wildman–Crippen MR) is 85.3 cm³/mol. The van der Waals surface area contributed by atoms with E-state index in [1.165, 1.54) is 50.5 Å². The molecule has 1 fully saturated rings. The molecule has 1 N–H and O–H groups in total. The van der Waals surface area contributed by atoms with E-state index in [4.69, 9.17) is 4.74 Å². The van der Waals surface area contributed by atoms with Gasteiger partial charge in [0.2, 0.25) is 0 Å². The zero-order valence-electron chi connectivity index (χ0n) is 13.0. The van der Waals surface area contributed by atoms with E-state index < -0.39 is 0 Å². The van der Waals surface area contributed by atoms with E-state index >= 15 is 0 Å². The normalized spacial score (nSPS) is 19.1. The van der Waals surface area contributed by atoms with Gasteiger partial charge in [-0.05, 0) is 25.3 Å². The number of nitrogens with one attached hydrogen (secondary N) is 1. The molecule has 0 spiro atoms. The molecule has 20 heavy (non-hydrogen) atoms. The second kappa shape index (κ2) is 8.31. The molecule has 2 nitrogen and oxygen atoms in total. The molecule has 0 radical (unpaired) electrons. The van der Waals surface area contributed by atoms with Gasteiger partial charge in [0.05, 0.1) is 7.11 Å². The summed E-state index contributed by atoms with van der Waals surface area (Å²) < 4.78 is 5.52. The quantitative estimate of drug-likeness (QED) is 0.829. The number of rotatable bonds is 5. The first-order valence-electron chi connectivity index (χ1n) is 8.24. The Kier molecular flexibility index (Phi) is 6.38. The lowest BCUT2D eigenvalue weighted by molar-refractivity contribution is 0.339. The fourth-order valence-electron chi connectivity index (χ4n) is 3.29. The zero-order valence-corrected chi connectivity index (χ0v) is 13.0. The van der Waals surface area contributed by atoms with Crippen molar-refractivity contribution in [1.29, 1.82) is 0 Å². The molecular weight excluding hydrogens is 246 g/mol. The lowest BCUT2D eigenvalue weighted by atomic mass is 9.94. The number of hydrogen-bond donors (Lipinski definition) is 1. The average molecular weight is 275 g/mol. The first-order chi connectivity index (χ1) is 9.85. The summed E-state index contributed by atoms with van der Waals surface area (Å²) in [6.07, 6.45) is 10.7. The van der Waals surface area contributed by atoms with Crippen LogP contribution in [0.1, 0.15) is 69.9 Å². The Morgan fingerprint density at radius 1 is 1.10 bits per heavy atom. The third-order valence-corrected chi connectivity index (χ3v) is 4.46. The maximum absolute atomic E-state index is 5.52. The van der Waals surface area contributed by atoms with E-state index in [2.05, 4.69) is 30.4 Å². The third-order valence-electron chi connectivity index (χ3n) is 4.46. The Morgan fingerprint density at radius 3 is 2.40 bits per heavy atom. The lowest BCUT2D eigenvalue weighted by Crippen LogP contribution is -2.33. The van der Waals surface area contributed by atoms with Crippen molar-refractivity contribution in [3.05, 3.63) is 29.8 Å². The molecule has 1 aliphatic rings. The van der Waals surface area contributed by atoms with Crippen molar-refractivity contribution in [1.82, 2.24) is 5.32 Å². The van der Waals surface area contributed by atoms with Crippen LogP contribution in [-0.2, 0) is 0 Å². The van der Waals surface area contributed by atoms with Gasteiger partial charge in [-0.3, -0.25) is 0 Å². The second-order valence-corrected chi connectivity index (χ2v) is 5.91. The summed E-state index contributed by atoms with van der Waals surface area (Å²) in [5, 5.41) is 3.88. The van der Waals surface area contributed by atoms with Crippen LogP contribution in [0.15, 0.2) is 24.3 Å². The number of hydrogen-bond acceptors (Lipinski definition) is 2. The van der Waals surface area contributed by atoms with Crippen molar-refractivity contribution in [3.8, 4) is 5.75 Å². The Hall–Kier alpha value is -1.02. The van der Waals surface area contributed by atoms with Gasteiger partial charge < -0.3 is 10.1 Å². The highest BCUT2D eigenvalue weighted by molar-refractivity contribution is 5.35. The fraction of sp³-hybridized carbons (Fsp3) is 0.667. The van der Waals surface area contributed by atoms with Crippen molar-refractivity contribution < 1.29 is 4.74 Å². The first-order valence-corrected chi connectivity index (χ1v) is 8.24. The Morgan fingerprint density at radius 2 is 1.75 bits per heavy atom. The van der Waals surface area contributed by atoms with Crippen molar-refractivity contribution >= 4 is 0 Å². The summed E-state index contributed by atoms with van der Waals surface area (Å²) in [6.45, 7) is 2.26. The highest BCUT2D eigenvalue weighted by Crippen LogP contribution is 2.28.